The van der Waals surface area contributed by atoms with Crippen molar-refractivity contribution in [3.63, 3.8) is 0 Å². The maximum atomic E-state index is 14.4. The minimum atomic E-state index is -4.13. The van der Waals surface area contributed by atoms with E-state index in [1.165, 1.54) is 40.1 Å². The summed E-state index contributed by atoms with van der Waals surface area (Å²) >= 11 is 6.81. The number of fused-ring (bicyclic) bond motifs is 6. The Morgan fingerprint density at radius 1 is 1.05 bits per heavy atom. The van der Waals surface area contributed by atoms with Crippen molar-refractivity contribution in [2.45, 2.75) is 127 Å². The van der Waals surface area contributed by atoms with Crippen LogP contribution in [0.5, 0.6) is 5.75 Å². The van der Waals surface area contributed by atoms with E-state index in [1.54, 1.807) is 38.1 Å². The number of nitrogens with zero attached hydrogens (tertiary/aromatic N) is 4. The molecule has 3 aliphatic rings. The fourth-order valence-corrected chi connectivity index (χ4v) is 11.8. The Bertz CT molecular complexity index is 2930. The van der Waals surface area contributed by atoms with Crippen molar-refractivity contribution in [2.24, 2.45) is 5.92 Å². The summed E-state index contributed by atoms with van der Waals surface area (Å²) in [6.07, 6.45) is 0.354. The number of carboxylic acids is 1. The molecule has 3 aromatic rings. The molecule has 2 saturated heterocycles. The normalized spacial score (nSPS) is 25.0. The fraction of sp³-hybridized carbons (Fsp3) is 0.596. The van der Waals surface area contributed by atoms with Gasteiger partial charge in [0.25, 0.3) is 0 Å². The Morgan fingerprint density at radius 3 is 2.47 bits per heavy atom. The van der Waals surface area contributed by atoms with Gasteiger partial charge in [0.15, 0.2) is 5.72 Å². The number of hydrazine groups is 1. The predicted molar refractivity (Wildman–Crippen MR) is 310 cm³/mol. The zero-order valence-electron chi connectivity index (χ0n) is 49.1. The Balaban J connectivity index is 1.01. The summed E-state index contributed by atoms with van der Waals surface area (Å²) in [5.74, 6) is -3.49. The first-order valence-corrected chi connectivity index (χ1v) is 29.7. The molecule has 24 nitrogen and oxygen atoms in total. The molecule has 460 valence electrons. The molecule has 26 heteroatoms. The number of sulfonamides is 1. The zero-order valence-corrected chi connectivity index (χ0v) is 50.7. The van der Waals surface area contributed by atoms with Gasteiger partial charge in [0.05, 0.1) is 64.0 Å². The number of ether oxygens (including phenoxy) is 7. The van der Waals surface area contributed by atoms with Crippen LogP contribution < -0.4 is 31.0 Å². The fourth-order valence-electron chi connectivity index (χ4n) is 10.3. The lowest BCUT2D eigenvalue weighted by molar-refractivity contribution is -0.157. The van der Waals surface area contributed by atoms with Gasteiger partial charge in [0.1, 0.15) is 40.7 Å². The number of nitrogens with one attached hydrogen (secondary N) is 4. The van der Waals surface area contributed by atoms with Crippen LogP contribution in [0.15, 0.2) is 66.3 Å². The van der Waals surface area contributed by atoms with Gasteiger partial charge in [-0.15, -0.1) is 0 Å². The molecule has 9 atom stereocenters. The number of aryl methyl sites for hydroxylation is 1. The van der Waals surface area contributed by atoms with Gasteiger partial charge in [-0.3, -0.25) is 29.9 Å². The quantitative estimate of drug-likeness (QED) is 0.0273. The summed E-state index contributed by atoms with van der Waals surface area (Å²) in [6.45, 7) is 8.58. The lowest BCUT2D eigenvalue weighted by atomic mass is 9.83. The number of epoxide rings is 1. The maximum absolute atomic E-state index is 14.4. The van der Waals surface area contributed by atoms with Crippen molar-refractivity contribution in [2.75, 3.05) is 92.6 Å². The van der Waals surface area contributed by atoms with Gasteiger partial charge in [-0.2, -0.15) is 4.31 Å². The molecular weight excluding hydrogens is 1120 g/mol. The Labute approximate surface area is 491 Å². The third-order valence-corrected chi connectivity index (χ3v) is 17.8. The third-order valence-electron chi connectivity index (χ3n) is 15.5. The smallest absolute Gasteiger partial charge is 0.409 e. The van der Waals surface area contributed by atoms with Crippen LogP contribution in [0.4, 0.5) is 10.5 Å². The molecule has 4 heterocycles. The molecule has 1 aromatic heterocycles. The lowest BCUT2D eigenvalue weighted by Crippen LogP contribution is -2.63. The molecule has 0 radical (unpaired) electrons. The van der Waals surface area contributed by atoms with E-state index < -0.39 is 99.9 Å². The maximum Gasteiger partial charge on any atom is 0.409 e. The molecule has 2 aromatic carbocycles. The highest BCUT2D eigenvalue weighted by atomic mass is 35.5. The number of methoxy groups -OCH3 is 2. The molecule has 0 spiro atoms. The number of alkyl carbamates (subject to hydrolysis) is 1. The summed E-state index contributed by atoms with van der Waals surface area (Å²) in [4.78, 5) is 67.5. The highest BCUT2D eigenvalue weighted by molar-refractivity contribution is 7.89. The van der Waals surface area contributed by atoms with E-state index in [-0.39, 0.29) is 63.0 Å². The Kier molecular flexibility index (Phi) is 23.9. The van der Waals surface area contributed by atoms with Crippen LogP contribution in [0.3, 0.4) is 0 Å². The zero-order chi connectivity index (χ0) is 60.8. The van der Waals surface area contributed by atoms with Crippen LogP contribution in [0.25, 0.3) is 10.9 Å². The van der Waals surface area contributed by atoms with Crippen molar-refractivity contribution in [3.8, 4) is 5.75 Å². The van der Waals surface area contributed by atoms with E-state index in [0.29, 0.717) is 44.0 Å². The number of halogens is 1. The average Bonchev–Trinajstić information content (AvgIpc) is 2.15. The summed E-state index contributed by atoms with van der Waals surface area (Å²) in [5.41, 5.74) is 3.84. The number of aromatic nitrogens is 1. The number of hydrogen-bond acceptors (Lipinski definition) is 18. The summed E-state index contributed by atoms with van der Waals surface area (Å²) in [6, 6.07) is 11.8. The van der Waals surface area contributed by atoms with Gasteiger partial charge in [0.2, 0.25) is 21.8 Å². The highest BCUT2D eigenvalue weighted by Gasteiger charge is 2.64. The summed E-state index contributed by atoms with van der Waals surface area (Å²) < 4.78 is 70.8. The van der Waals surface area contributed by atoms with Crippen molar-refractivity contribution in [1.29, 1.82) is 0 Å². The Hall–Kier alpha value is -5.71. The number of esters is 1. The molecule has 3 aliphatic heterocycles. The van der Waals surface area contributed by atoms with Gasteiger partial charge < -0.3 is 63.5 Å². The number of hydrogen-bond donors (Lipinski definition) is 6. The number of aliphatic hydroxyl groups is 1. The molecule has 4 bridgehead atoms. The number of aliphatic carboxylic acids is 1. The number of para-hydroxylation sites is 1. The number of amides is 3. The SMILES string of the molecule is CNN(C)Cc1cc2ccccc2n1CCC(=O)N[C@@H](CCC(=O)O)CNCCOCCOCCS(=O)(=O)N(C)[C@@H](C)C(=O)O[C@H]1CC(=O)N(C)c2cc(cc(OC)c2Cl)C/C(C)=C/C=C/[C@@H](OC)[C@@]2(O)C[C@H](OC(=O)N2)[C@@H](C)[C@@H]2O[C@@]12C. The average molecular weight is 1200 g/mol. The van der Waals surface area contributed by atoms with Crippen molar-refractivity contribution in [3.05, 3.63) is 82.5 Å². The molecule has 2 fully saturated rings. The van der Waals surface area contributed by atoms with Gasteiger partial charge in [0, 0.05) is 90.3 Å². The molecule has 6 rings (SSSR count). The number of allylic oxidation sites excluding steroid dienone is 3. The molecule has 83 heavy (non-hydrogen) atoms. The first kappa shape index (κ1) is 66.4. The van der Waals surface area contributed by atoms with E-state index in [1.807, 2.05) is 56.4 Å². The topological polar surface area (TPSA) is 291 Å². The number of benzene rings is 2. The van der Waals surface area contributed by atoms with Crippen molar-refractivity contribution < 1.29 is 75.8 Å². The van der Waals surface area contributed by atoms with Gasteiger partial charge in [-0.1, -0.05) is 60.5 Å². The third kappa shape index (κ3) is 17.7. The van der Waals surface area contributed by atoms with Crippen molar-refractivity contribution in [1.82, 2.24) is 35.3 Å². The molecule has 0 saturated carbocycles. The van der Waals surface area contributed by atoms with Crippen LogP contribution in [-0.2, 0) is 77.1 Å². The molecule has 0 aliphatic carbocycles. The number of carbonyl (C=O) groups is 5. The largest absolute Gasteiger partial charge is 0.495 e. The van der Waals surface area contributed by atoms with Gasteiger partial charge >= 0.3 is 18.0 Å². The number of anilines is 1. The minimum Gasteiger partial charge on any atom is -0.495 e. The van der Waals surface area contributed by atoms with E-state index in [2.05, 4.69) is 32.0 Å². The van der Waals surface area contributed by atoms with Crippen LogP contribution in [0, 0.1) is 5.92 Å². The van der Waals surface area contributed by atoms with E-state index in [4.69, 9.17) is 44.8 Å². The van der Waals surface area contributed by atoms with Crippen LogP contribution in [-0.4, -0.2) is 198 Å². The van der Waals surface area contributed by atoms with Crippen LogP contribution in [0.1, 0.15) is 71.1 Å². The second-order valence-corrected chi connectivity index (χ2v) is 24.1. The predicted octanol–water partition coefficient (Wildman–Crippen LogP) is 3.90. The van der Waals surface area contributed by atoms with E-state index in [0.717, 1.165) is 32.0 Å². The number of likely N-dealkylation sites (N-methyl/N-ethyl adjacent to an activating group) is 1. The molecular formula is C57H83ClN8O16S. The van der Waals surface area contributed by atoms with Crippen LogP contribution >= 0.6 is 11.6 Å². The number of carboxylic acid groups (broad SMARTS) is 1. The standard InChI is InChI=1S/C57H83ClN8O16S/c1-36-14-13-17-47(77-10)57(73)33-46(80-55(72)62-57)37(2)53-56(4,82-53)48(32-50(68)64(7)44-29-39(28-36)30-45(76-9)52(44)58)81-54(71)38(3)65(8)83(74,75)27-26-79-25-24-78-23-21-60-34-41(18-19-51(69)70)61-49(67)20-22-66-42(35-63(6)59-5)31-40-15-11-12-16-43(40)66/h11-17,29-31,37-38,41,46-48,53,59-60,73H,18-28,32-35H2,1-10H3,(H,61,67)(H,62,72)(H,69,70)/b17-13+,36-14+/t37-,38+,41+,46+,47-,48+,53+,56+,57+/m1/s1. The Morgan fingerprint density at radius 2 is 1.77 bits per heavy atom. The summed E-state index contributed by atoms with van der Waals surface area (Å²) in [5, 5.41) is 33.1. The minimum absolute atomic E-state index is 0.0545. The second-order valence-electron chi connectivity index (χ2n) is 21.5. The lowest BCUT2D eigenvalue weighted by Gasteiger charge is -2.42. The van der Waals surface area contributed by atoms with Crippen molar-refractivity contribution >= 4 is 68.1 Å². The van der Waals surface area contributed by atoms with Gasteiger partial charge in [-0.25, -0.2) is 18.2 Å². The molecule has 0 unspecified atom stereocenters. The summed E-state index contributed by atoms with van der Waals surface area (Å²) in [7, 11) is 5.26. The monoisotopic (exact) mass is 1200 g/mol. The second kappa shape index (κ2) is 29.9. The highest BCUT2D eigenvalue weighted by Crippen LogP contribution is 2.49. The van der Waals surface area contributed by atoms with E-state index >= 15 is 0 Å². The molecule has 6 N–H and O–H groups in total. The van der Waals surface area contributed by atoms with Gasteiger partial charge in [-0.05, 0) is 75.9 Å². The molecule has 3 amide bonds. The first-order chi connectivity index (χ1) is 39.3. The van der Waals surface area contributed by atoms with Crippen LogP contribution in [0.2, 0.25) is 5.02 Å². The van der Waals surface area contributed by atoms with E-state index in [9.17, 15) is 42.6 Å². The first-order valence-electron chi connectivity index (χ1n) is 27.7. The number of rotatable bonds is 27. The number of carbonyl (C=O) groups excluding carboxylic acids is 4.